The summed E-state index contributed by atoms with van der Waals surface area (Å²) in [5, 5.41) is 9.34. The van der Waals surface area contributed by atoms with E-state index in [0.29, 0.717) is 6.04 Å². The Hall–Kier alpha value is -0.120. The Kier molecular flexibility index (Phi) is 3.50. The molecule has 2 atom stereocenters. The van der Waals surface area contributed by atoms with Crippen molar-refractivity contribution < 1.29 is 9.84 Å². The molecule has 0 aromatic carbocycles. The van der Waals surface area contributed by atoms with Gasteiger partial charge in [0, 0.05) is 12.6 Å². The van der Waals surface area contributed by atoms with Crippen molar-refractivity contribution in [3.63, 3.8) is 0 Å². The Labute approximate surface area is 74.3 Å². The first-order chi connectivity index (χ1) is 5.59. The van der Waals surface area contributed by atoms with E-state index >= 15 is 0 Å². The van der Waals surface area contributed by atoms with Gasteiger partial charge in [-0.1, -0.05) is 0 Å². The highest BCUT2D eigenvalue weighted by molar-refractivity contribution is 4.82. The number of nitrogens with zero attached hydrogens (tertiary/aromatic N) is 1. The summed E-state index contributed by atoms with van der Waals surface area (Å²) in [6.07, 6.45) is 0.982. The fourth-order valence-electron chi connectivity index (χ4n) is 1.55. The summed E-state index contributed by atoms with van der Waals surface area (Å²) in [4.78, 5) is 2.16. The molecule has 1 aliphatic rings. The SMILES string of the molecule is CC(C)OC[C@@H]1C[C@@H](O)CN1C. The molecule has 12 heavy (non-hydrogen) atoms. The molecule has 0 aromatic rings. The van der Waals surface area contributed by atoms with E-state index in [4.69, 9.17) is 4.74 Å². The molecule has 1 rings (SSSR count). The zero-order chi connectivity index (χ0) is 9.14. The first-order valence-electron chi connectivity index (χ1n) is 4.59. The molecule has 0 radical (unpaired) electrons. The Bertz CT molecular complexity index is 138. The molecule has 1 fully saturated rings. The lowest BCUT2D eigenvalue weighted by Crippen LogP contribution is -2.30. The molecular weight excluding hydrogens is 154 g/mol. The van der Waals surface area contributed by atoms with Gasteiger partial charge in [0.25, 0.3) is 0 Å². The molecular formula is C9H19NO2. The van der Waals surface area contributed by atoms with Crippen LogP contribution in [0.25, 0.3) is 0 Å². The van der Waals surface area contributed by atoms with Gasteiger partial charge in [0.15, 0.2) is 0 Å². The van der Waals surface area contributed by atoms with Crippen molar-refractivity contribution in [2.24, 2.45) is 0 Å². The highest BCUT2D eigenvalue weighted by atomic mass is 16.5. The highest BCUT2D eigenvalue weighted by Gasteiger charge is 2.27. The van der Waals surface area contributed by atoms with Gasteiger partial charge in [-0.2, -0.15) is 0 Å². The predicted octanol–water partition coefficient (Wildman–Crippen LogP) is 0.476. The van der Waals surface area contributed by atoms with Crippen molar-refractivity contribution in [1.82, 2.24) is 4.90 Å². The van der Waals surface area contributed by atoms with E-state index in [9.17, 15) is 5.11 Å². The third kappa shape index (κ3) is 2.73. The van der Waals surface area contributed by atoms with E-state index in [2.05, 4.69) is 4.90 Å². The molecule has 0 amide bonds. The van der Waals surface area contributed by atoms with Gasteiger partial charge in [0.05, 0.1) is 18.8 Å². The number of ether oxygens (including phenoxy) is 1. The van der Waals surface area contributed by atoms with Gasteiger partial charge in [-0.05, 0) is 27.3 Å². The summed E-state index contributed by atoms with van der Waals surface area (Å²) in [5.41, 5.74) is 0. The van der Waals surface area contributed by atoms with Crippen LogP contribution in [0.1, 0.15) is 20.3 Å². The van der Waals surface area contributed by atoms with Crippen molar-refractivity contribution in [2.75, 3.05) is 20.2 Å². The Morgan fingerprint density at radius 3 is 2.67 bits per heavy atom. The van der Waals surface area contributed by atoms with E-state index in [0.717, 1.165) is 19.6 Å². The second-order valence-electron chi connectivity index (χ2n) is 3.87. The van der Waals surface area contributed by atoms with E-state index in [1.807, 2.05) is 20.9 Å². The monoisotopic (exact) mass is 173 g/mol. The van der Waals surface area contributed by atoms with Gasteiger partial charge in [-0.25, -0.2) is 0 Å². The minimum Gasteiger partial charge on any atom is -0.392 e. The number of rotatable bonds is 3. The Balaban J connectivity index is 2.23. The molecule has 0 aliphatic carbocycles. The first kappa shape index (κ1) is 9.96. The molecule has 1 N–H and O–H groups in total. The van der Waals surface area contributed by atoms with Crippen LogP contribution in [0.3, 0.4) is 0 Å². The topological polar surface area (TPSA) is 32.7 Å². The van der Waals surface area contributed by atoms with Crippen molar-refractivity contribution in [3.8, 4) is 0 Å². The van der Waals surface area contributed by atoms with Crippen LogP contribution in [0.2, 0.25) is 0 Å². The molecule has 1 aliphatic heterocycles. The maximum Gasteiger partial charge on any atom is 0.0682 e. The van der Waals surface area contributed by atoms with Crippen LogP contribution in [-0.4, -0.2) is 48.5 Å². The van der Waals surface area contributed by atoms with Crippen LogP contribution in [0.4, 0.5) is 0 Å². The summed E-state index contributed by atoms with van der Waals surface area (Å²) in [5.74, 6) is 0. The van der Waals surface area contributed by atoms with Gasteiger partial charge >= 0.3 is 0 Å². The van der Waals surface area contributed by atoms with Gasteiger partial charge < -0.3 is 9.84 Å². The molecule has 3 nitrogen and oxygen atoms in total. The van der Waals surface area contributed by atoms with E-state index in [-0.39, 0.29) is 12.2 Å². The van der Waals surface area contributed by atoms with Crippen molar-refractivity contribution in [2.45, 2.75) is 38.5 Å². The lowest BCUT2D eigenvalue weighted by atomic mass is 10.2. The summed E-state index contributed by atoms with van der Waals surface area (Å²) in [6.45, 7) is 5.59. The number of hydrogen-bond acceptors (Lipinski definition) is 3. The standard InChI is InChI=1S/C9H19NO2/c1-7(2)12-6-8-4-9(11)5-10(8)3/h7-9,11H,4-6H2,1-3H3/t8-,9+/m0/s1. The maximum atomic E-state index is 9.34. The number of likely N-dealkylation sites (tertiary alicyclic amines) is 1. The number of aliphatic hydroxyl groups excluding tert-OH is 1. The third-order valence-electron chi connectivity index (χ3n) is 2.29. The number of β-amino-alcohol motifs (C(OH)–C–C–N with tert-alkyl or cyclic N) is 1. The van der Waals surface area contributed by atoms with Crippen LogP contribution in [0.5, 0.6) is 0 Å². The zero-order valence-corrected chi connectivity index (χ0v) is 8.16. The lowest BCUT2D eigenvalue weighted by Gasteiger charge is -2.19. The largest absolute Gasteiger partial charge is 0.392 e. The molecule has 0 spiro atoms. The van der Waals surface area contributed by atoms with Crippen LogP contribution in [0.15, 0.2) is 0 Å². The first-order valence-corrected chi connectivity index (χ1v) is 4.59. The Morgan fingerprint density at radius 1 is 1.58 bits per heavy atom. The second kappa shape index (κ2) is 4.21. The fourth-order valence-corrected chi connectivity index (χ4v) is 1.55. The van der Waals surface area contributed by atoms with Gasteiger partial charge in [0.2, 0.25) is 0 Å². The van der Waals surface area contributed by atoms with E-state index < -0.39 is 0 Å². The van der Waals surface area contributed by atoms with Crippen LogP contribution in [0, 0.1) is 0 Å². The zero-order valence-electron chi connectivity index (χ0n) is 8.16. The number of hydrogen-bond donors (Lipinski definition) is 1. The Morgan fingerprint density at radius 2 is 2.25 bits per heavy atom. The number of likely N-dealkylation sites (N-methyl/N-ethyl adjacent to an activating group) is 1. The number of aliphatic hydroxyl groups is 1. The smallest absolute Gasteiger partial charge is 0.0682 e. The van der Waals surface area contributed by atoms with Crippen molar-refractivity contribution >= 4 is 0 Å². The normalized spacial score (nSPS) is 31.8. The van der Waals surface area contributed by atoms with E-state index in [1.165, 1.54) is 0 Å². The van der Waals surface area contributed by atoms with Gasteiger partial charge in [0.1, 0.15) is 0 Å². The predicted molar refractivity (Wildman–Crippen MR) is 48.1 cm³/mol. The fraction of sp³-hybridized carbons (Fsp3) is 1.00. The average molecular weight is 173 g/mol. The average Bonchev–Trinajstić information content (AvgIpc) is 2.26. The van der Waals surface area contributed by atoms with Crippen LogP contribution in [-0.2, 0) is 4.74 Å². The molecule has 1 saturated heterocycles. The van der Waals surface area contributed by atoms with Gasteiger partial charge in [-0.3, -0.25) is 4.90 Å². The molecule has 0 aromatic heterocycles. The van der Waals surface area contributed by atoms with Crippen LogP contribution >= 0.6 is 0 Å². The molecule has 72 valence electrons. The lowest BCUT2D eigenvalue weighted by molar-refractivity contribution is 0.0428. The van der Waals surface area contributed by atoms with Gasteiger partial charge in [-0.15, -0.1) is 0 Å². The third-order valence-corrected chi connectivity index (χ3v) is 2.29. The summed E-state index contributed by atoms with van der Waals surface area (Å²) in [7, 11) is 2.03. The summed E-state index contributed by atoms with van der Waals surface area (Å²) >= 11 is 0. The quantitative estimate of drug-likeness (QED) is 0.673. The highest BCUT2D eigenvalue weighted by Crippen LogP contribution is 2.15. The van der Waals surface area contributed by atoms with Crippen LogP contribution < -0.4 is 0 Å². The minimum atomic E-state index is -0.157. The van der Waals surface area contributed by atoms with E-state index in [1.54, 1.807) is 0 Å². The molecule has 0 unspecified atom stereocenters. The van der Waals surface area contributed by atoms with Crippen molar-refractivity contribution in [1.29, 1.82) is 0 Å². The molecule has 0 saturated carbocycles. The minimum absolute atomic E-state index is 0.157. The maximum absolute atomic E-state index is 9.34. The molecule has 3 heteroatoms. The summed E-state index contributed by atoms with van der Waals surface area (Å²) < 4.78 is 5.49. The van der Waals surface area contributed by atoms with Crippen molar-refractivity contribution in [3.05, 3.63) is 0 Å². The second-order valence-corrected chi connectivity index (χ2v) is 3.87. The molecule has 0 bridgehead atoms. The molecule has 1 heterocycles. The summed E-state index contributed by atoms with van der Waals surface area (Å²) in [6, 6.07) is 0.405.